The van der Waals surface area contributed by atoms with E-state index in [0.29, 0.717) is 0 Å². The molecule has 0 aliphatic carbocycles. The monoisotopic (exact) mass is 951 g/mol. The quantitative estimate of drug-likeness (QED) is 0.208. The van der Waals surface area contributed by atoms with Crippen LogP contribution in [-0.2, 0) is 9.33 Å². The van der Waals surface area contributed by atoms with Crippen LogP contribution in [0.15, 0.2) is 64.1 Å². The SMILES string of the molecule is Brc1ccc([S+](Br)c2ccc(Br)cc2Br)c(Br)c1.[Br-].[Cl-].[Cl-].[Cl-].[Cl-].[Cl-].[Sb+5]. The number of halogens is 11. The van der Waals surface area contributed by atoms with E-state index in [0.717, 1.165) is 17.9 Å². The first-order chi connectivity index (χ1) is 8.49. The Morgan fingerprint density at radius 1 is 0.600 bits per heavy atom. The molecule has 0 aliphatic rings. The van der Waals surface area contributed by atoms with Gasteiger partial charge in [-0.1, -0.05) is 31.9 Å². The summed E-state index contributed by atoms with van der Waals surface area (Å²) in [5.41, 5.74) is 0. The van der Waals surface area contributed by atoms with Crippen LogP contribution in [0, 0.1) is 0 Å². The largest absolute Gasteiger partial charge is 5.00 e. The Bertz CT molecular complexity index is 559. The van der Waals surface area contributed by atoms with E-state index in [4.69, 9.17) is 0 Å². The van der Waals surface area contributed by atoms with Crippen molar-refractivity contribution in [2.45, 2.75) is 9.79 Å². The van der Waals surface area contributed by atoms with Crippen LogP contribution >= 0.6 is 78.5 Å². The molecule has 2 aromatic rings. The van der Waals surface area contributed by atoms with Crippen LogP contribution in [0.25, 0.3) is 0 Å². The van der Waals surface area contributed by atoms with Crippen molar-refractivity contribution < 1.29 is 79.0 Å². The van der Waals surface area contributed by atoms with E-state index in [1.54, 1.807) is 0 Å². The summed E-state index contributed by atoms with van der Waals surface area (Å²) in [5, 5.41) is 0. The molecule has 0 radical (unpaired) electrons. The molecule has 0 fully saturated rings. The maximum atomic E-state index is 3.78. The average Bonchev–Trinajstić information content (AvgIpc) is 2.28. The molecule has 142 valence electrons. The van der Waals surface area contributed by atoms with Crippen LogP contribution in [0.5, 0.6) is 0 Å². The van der Waals surface area contributed by atoms with Gasteiger partial charge < -0.3 is 79.0 Å². The molecule has 0 bridgehead atoms. The van der Waals surface area contributed by atoms with Crippen LogP contribution in [0.4, 0.5) is 0 Å². The molecule has 0 heterocycles. The van der Waals surface area contributed by atoms with E-state index in [1.165, 1.54) is 9.79 Å². The minimum absolute atomic E-state index is 0. The van der Waals surface area contributed by atoms with Crippen molar-refractivity contribution in [1.29, 1.82) is 0 Å². The number of hydrogen-bond donors (Lipinski definition) is 0. The molecule has 0 aromatic heterocycles. The van der Waals surface area contributed by atoms with Crippen molar-refractivity contribution >= 4 is 112 Å². The van der Waals surface area contributed by atoms with E-state index < -0.39 is 0 Å². The van der Waals surface area contributed by atoms with Crippen molar-refractivity contribution in [3.05, 3.63) is 54.3 Å². The van der Waals surface area contributed by atoms with Gasteiger partial charge in [-0.15, -0.1) is 0 Å². The Balaban J connectivity index is -0.000000129. The fraction of sp³-hybridized carbons (Fsp3) is 0. The molecule has 25 heavy (non-hydrogen) atoms. The van der Waals surface area contributed by atoms with Gasteiger partial charge in [0.1, 0.15) is 9.33 Å². The molecule has 0 saturated carbocycles. The molecule has 2 rings (SSSR count). The van der Waals surface area contributed by atoms with E-state index >= 15 is 0 Å². The third kappa shape index (κ3) is 13.1. The van der Waals surface area contributed by atoms with Crippen molar-refractivity contribution in [3.8, 4) is 0 Å². The zero-order valence-corrected chi connectivity index (χ0v) is 28.1. The van der Waals surface area contributed by atoms with Gasteiger partial charge in [0.2, 0.25) is 14.8 Å². The molecule has 0 saturated heterocycles. The number of benzene rings is 2. The summed E-state index contributed by atoms with van der Waals surface area (Å²) in [6.07, 6.45) is 0. The summed E-state index contributed by atoms with van der Waals surface area (Å²) in [5.74, 6) is 0. The molecular formula is C12H6Br6Cl5SSb. The van der Waals surface area contributed by atoms with Gasteiger partial charge in [0, 0.05) is 8.95 Å². The minimum Gasteiger partial charge on any atom is -1.00 e. The second-order valence-electron chi connectivity index (χ2n) is 3.41. The summed E-state index contributed by atoms with van der Waals surface area (Å²) in [6.45, 7) is 0. The standard InChI is InChI=1S/C12H6Br5S.BrH.5ClH.Sb/c13-7-1-3-11(9(15)5-7)18(17)12-4-2-8(14)6-10(12)16;;;;;;;/h1-6H;6*1H;/q+1;;;;;;;+5/p-6. The fourth-order valence-electron chi connectivity index (χ4n) is 1.36. The molecule has 13 heteroatoms. The second kappa shape index (κ2) is 21.2. The van der Waals surface area contributed by atoms with Gasteiger partial charge in [-0.2, -0.15) is 0 Å². The van der Waals surface area contributed by atoms with Gasteiger partial charge in [0.15, 0.2) is 9.79 Å². The van der Waals surface area contributed by atoms with Gasteiger partial charge in [-0.3, -0.25) is 0 Å². The van der Waals surface area contributed by atoms with Gasteiger partial charge in [-0.25, -0.2) is 0 Å². The molecule has 0 unspecified atom stereocenters. The molecule has 0 aliphatic heterocycles. The summed E-state index contributed by atoms with van der Waals surface area (Å²) in [4.78, 5) is 2.45. The van der Waals surface area contributed by atoms with Crippen molar-refractivity contribution in [1.82, 2.24) is 0 Å². The maximum Gasteiger partial charge on any atom is 5.00 e. The Morgan fingerprint density at radius 3 is 1.12 bits per heavy atom. The molecule has 0 atom stereocenters. The Labute approximate surface area is 251 Å². The van der Waals surface area contributed by atoms with Crippen LogP contribution < -0.4 is 79.0 Å². The van der Waals surface area contributed by atoms with Crippen LogP contribution in [0.3, 0.4) is 0 Å². The molecule has 0 amide bonds. The predicted octanol–water partition coefficient (Wildman–Crippen LogP) is -11.3. The van der Waals surface area contributed by atoms with E-state index in [9.17, 15) is 0 Å². The van der Waals surface area contributed by atoms with Crippen molar-refractivity contribution in [3.63, 3.8) is 0 Å². The first-order valence-corrected chi connectivity index (χ1v) is 11.0. The number of rotatable bonds is 2. The predicted molar refractivity (Wildman–Crippen MR) is 102 cm³/mol. The summed E-state index contributed by atoms with van der Waals surface area (Å²) < 4.78 is 4.31. The van der Waals surface area contributed by atoms with Gasteiger partial charge in [0.05, 0.1) is 8.95 Å². The normalized spacial score (nSPS) is 7.92. The van der Waals surface area contributed by atoms with Crippen LogP contribution in [0.2, 0.25) is 0 Å². The van der Waals surface area contributed by atoms with Crippen molar-refractivity contribution in [2.75, 3.05) is 0 Å². The molecular weight excluding hydrogens is 955 g/mol. The smallest absolute Gasteiger partial charge is 1.00 e. The Kier molecular flexibility index (Phi) is 36.4. The zero-order chi connectivity index (χ0) is 13.3. The first-order valence-electron chi connectivity index (χ1n) is 4.79. The van der Waals surface area contributed by atoms with Gasteiger partial charge in [-0.05, 0) is 68.3 Å². The Hall–Kier alpha value is 3.94. The first kappa shape index (κ1) is 42.9. The summed E-state index contributed by atoms with van der Waals surface area (Å²) in [7, 11) is -0.159. The molecule has 0 N–H and O–H groups in total. The summed E-state index contributed by atoms with van der Waals surface area (Å²) in [6, 6.07) is 12.4. The molecule has 0 nitrogen and oxygen atoms in total. The topological polar surface area (TPSA) is 0 Å². The third-order valence-electron chi connectivity index (χ3n) is 2.17. The average molecular weight is 961 g/mol. The van der Waals surface area contributed by atoms with Gasteiger partial charge in [0.25, 0.3) is 0 Å². The van der Waals surface area contributed by atoms with E-state index in [1.807, 2.05) is 12.1 Å². The zero-order valence-electron chi connectivity index (χ0n) is 11.5. The Morgan fingerprint density at radius 2 is 0.880 bits per heavy atom. The summed E-state index contributed by atoms with van der Waals surface area (Å²) >= 11 is 17.9. The van der Waals surface area contributed by atoms with E-state index in [-0.39, 0.29) is 113 Å². The maximum absolute atomic E-state index is 3.78. The van der Waals surface area contributed by atoms with Crippen LogP contribution in [0.1, 0.15) is 0 Å². The second-order valence-corrected chi connectivity index (χ2v) is 10.3. The van der Waals surface area contributed by atoms with Gasteiger partial charge >= 0.3 is 24.4 Å². The third-order valence-corrected chi connectivity index (χ3v) is 8.57. The fourth-order valence-corrected chi connectivity index (χ4v) is 8.49. The molecule has 2 aromatic carbocycles. The van der Waals surface area contributed by atoms with E-state index in [2.05, 4.69) is 103 Å². The molecule has 0 spiro atoms. The minimum atomic E-state index is -0.159. The van der Waals surface area contributed by atoms with Crippen LogP contribution in [-0.4, -0.2) is 24.4 Å². The number of hydrogen-bond acceptors (Lipinski definition) is 0. The van der Waals surface area contributed by atoms with Crippen molar-refractivity contribution in [2.24, 2.45) is 0 Å².